The summed E-state index contributed by atoms with van der Waals surface area (Å²) in [7, 11) is 0. The summed E-state index contributed by atoms with van der Waals surface area (Å²) in [4.78, 5) is 88.4. The van der Waals surface area contributed by atoms with E-state index < -0.39 is 59.4 Å². The molecule has 1 aromatic rings. The molecule has 0 bridgehead atoms. The van der Waals surface area contributed by atoms with Gasteiger partial charge in [-0.15, -0.1) is 0 Å². The van der Waals surface area contributed by atoms with E-state index in [9.17, 15) is 33.6 Å². The number of fused-ring (bicyclic) bond motifs is 5. The smallest absolute Gasteiger partial charge is 0.325 e. The second-order valence-corrected chi connectivity index (χ2v) is 17.5. The first-order chi connectivity index (χ1) is 28.6. The Labute approximate surface area is 351 Å². The summed E-state index contributed by atoms with van der Waals surface area (Å²) in [6, 6.07) is 9.48. The summed E-state index contributed by atoms with van der Waals surface area (Å²) in [6.45, 7) is 4.88. The van der Waals surface area contributed by atoms with E-state index in [4.69, 9.17) is 36.1 Å². The lowest BCUT2D eigenvalue weighted by Gasteiger charge is -2.64. The Hall–Kier alpha value is -4.61. The van der Waals surface area contributed by atoms with E-state index >= 15 is 0 Å². The van der Waals surface area contributed by atoms with Crippen LogP contribution in [0.4, 0.5) is 0 Å². The van der Waals surface area contributed by atoms with Crippen molar-refractivity contribution in [1.29, 1.82) is 0 Å². The molecule has 0 saturated heterocycles. The van der Waals surface area contributed by atoms with Gasteiger partial charge in [0.1, 0.15) is 44.6 Å². The summed E-state index contributed by atoms with van der Waals surface area (Å²) in [6.07, 6.45) is 3.41. The molecule has 17 nitrogen and oxygen atoms in total. The predicted octanol–water partition coefficient (Wildman–Crippen LogP) is 0.985. The van der Waals surface area contributed by atoms with Crippen LogP contribution in [-0.4, -0.2) is 99.2 Å². The van der Waals surface area contributed by atoms with Gasteiger partial charge in [0.05, 0.1) is 19.6 Å². The summed E-state index contributed by atoms with van der Waals surface area (Å²) in [5.41, 5.74) is 16.3. The van der Waals surface area contributed by atoms with E-state index in [-0.39, 0.29) is 99.2 Å². The maximum absolute atomic E-state index is 13.6. The zero-order chi connectivity index (χ0) is 43.6. The van der Waals surface area contributed by atoms with Crippen LogP contribution in [0.2, 0.25) is 0 Å². The quantitative estimate of drug-likeness (QED) is 0.0889. The molecule has 4 saturated carbocycles. The highest BCUT2D eigenvalue weighted by atomic mass is 16.6. The van der Waals surface area contributed by atoms with Crippen LogP contribution < -0.4 is 33.2 Å². The fraction of sp³-hybridized carbons (Fsp3) is 0.698. The second kappa shape index (κ2) is 20.8. The van der Waals surface area contributed by atoms with Crippen LogP contribution in [0.5, 0.6) is 0 Å². The average Bonchev–Trinajstić information content (AvgIpc) is 3.61. The number of hydrogen-bond donors (Lipinski definition) is 6. The monoisotopic (exact) mass is 840 g/mol. The van der Waals surface area contributed by atoms with Crippen LogP contribution in [0.1, 0.15) is 84.1 Å². The number of carbonyl (C=O) groups is 7. The minimum Gasteiger partial charge on any atom is -0.461 e. The highest BCUT2D eigenvalue weighted by Crippen LogP contribution is 2.69. The molecule has 4 aliphatic carbocycles. The molecule has 332 valence electrons. The van der Waals surface area contributed by atoms with Crippen molar-refractivity contribution in [2.75, 3.05) is 39.3 Å². The number of nitrogens with one attached hydrogen (secondary N) is 3. The van der Waals surface area contributed by atoms with E-state index in [1.165, 1.54) is 0 Å². The van der Waals surface area contributed by atoms with Crippen LogP contribution >= 0.6 is 0 Å². The highest BCUT2D eigenvalue weighted by Gasteiger charge is 2.67. The van der Waals surface area contributed by atoms with Crippen molar-refractivity contribution < 1.29 is 52.5 Å². The Morgan fingerprint density at radius 2 is 1.30 bits per heavy atom. The maximum atomic E-state index is 13.6. The molecule has 1 aromatic carbocycles. The van der Waals surface area contributed by atoms with Gasteiger partial charge in [0.25, 0.3) is 0 Å². The first-order valence-electron chi connectivity index (χ1n) is 21.3. The number of benzene rings is 1. The molecule has 9 N–H and O–H groups in total. The van der Waals surface area contributed by atoms with Gasteiger partial charge in [-0.05, 0) is 91.9 Å². The number of carbonyl (C=O) groups excluding carboxylic acids is 7. The number of esters is 4. The van der Waals surface area contributed by atoms with Gasteiger partial charge in [-0.3, -0.25) is 33.6 Å². The van der Waals surface area contributed by atoms with Crippen LogP contribution in [0, 0.1) is 46.3 Å². The van der Waals surface area contributed by atoms with Gasteiger partial charge in [0.2, 0.25) is 17.7 Å². The number of amides is 3. The third kappa shape index (κ3) is 11.0. The Balaban J connectivity index is 1.42. The first-order valence-corrected chi connectivity index (χ1v) is 21.3. The van der Waals surface area contributed by atoms with Crippen LogP contribution in [0.25, 0.3) is 0 Å². The second-order valence-electron chi connectivity index (χ2n) is 17.5. The predicted molar refractivity (Wildman–Crippen MR) is 216 cm³/mol. The van der Waals surface area contributed by atoms with E-state index in [2.05, 4.69) is 36.7 Å². The van der Waals surface area contributed by atoms with Crippen LogP contribution in [0.15, 0.2) is 30.3 Å². The topological polar surface area (TPSA) is 271 Å². The zero-order valence-corrected chi connectivity index (χ0v) is 35.1. The molecule has 60 heavy (non-hydrogen) atoms. The average molecular weight is 841 g/mol. The lowest BCUT2D eigenvalue weighted by Crippen LogP contribution is -2.64. The number of hydrogen-bond acceptors (Lipinski definition) is 14. The zero-order valence-electron chi connectivity index (χ0n) is 35.1. The highest BCUT2D eigenvalue weighted by molar-refractivity contribution is 5.84. The third-order valence-corrected chi connectivity index (χ3v) is 14.2. The van der Waals surface area contributed by atoms with Crippen LogP contribution in [-0.2, 0) is 59.1 Å². The number of nitrogens with two attached hydrogens (primary N) is 3. The van der Waals surface area contributed by atoms with Gasteiger partial charge >= 0.3 is 23.9 Å². The van der Waals surface area contributed by atoms with Crippen LogP contribution in [0.3, 0.4) is 0 Å². The molecule has 0 unspecified atom stereocenters. The molecule has 0 heterocycles. The first kappa shape index (κ1) is 46.5. The molecule has 3 amide bonds. The molecule has 5 rings (SSSR count). The van der Waals surface area contributed by atoms with Crippen molar-refractivity contribution in [3.05, 3.63) is 35.9 Å². The van der Waals surface area contributed by atoms with Crippen molar-refractivity contribution in [1.82, 2.24) is 16.0 Å². The summed E-state index contributed by atoms with van der Waals surface area (Å²) in [5, 5.41) is 7.49. The third-order valence-electron chi connectivity index (χ3n) is 14.2. The Bertz CT molecular complexity index is 1710. The van der Waals surface area contributed by atoms with Gasteiger partial charge < -0.3 is 52.1 Å². The molecule has 11 atom stereocenters. The van der Waals surface area contributed by atoms with Gasteiger partial charge in [-0.1, -0.05) is 51.1 Å². The van der Waals surface area contributed by atoms with E-state index in [1.54, 1.807) is 0 Å². The standard InChI is InChI=1S/C43H64N6O11/c1-25(9-12-37(53)57-24-26-7-5-4-6-8-26)29-10-11-30-41-31(17-33(43(29,30)3)60-40(56)23-49-36(52)20-46)42(2)14-13-28(58-38(54)21-47-34(50)18-44)15-27(42)16-32(41)59-39(55)22-48-35(51)19-45/h4-8,25,27-33,41H,9-24,44-46H2,1-3H3,(H,47,50)(H,48,51)(H,49,52)/t25-,27+,28-,29-,30+,31+,32-,33+,41+,42+,43-/m1/s1. The molecule has 0 aliphatic heterocycles. The molecule has 0 aromatic heterocycles. The molecule has 0 radical (unpaired) electrons. The Morgan fingerprint density at radius 3 is 1.90 bits per heavy atom. The molecule has 4 aliphatic rings. The normalized spacial score (nSPS) is 30.8. The molecule has 0 spiro atoms. The molecular formula is C43H64N6O11. The van der Waals surface area contributed by atoms with Crippen molar-refractivity contribution in [3.63, 3.8) is 0 Å². The maximum Gasteiger partial charge on any atom is 0.325 e. The van der Waals surface area contributed by atoms with E-state index in [0.29, 0.717) is 38.5 Å². The van der Waals surface area contributed by atoms with Gasteiger partial charge in [-0.2, -0.15) is 0 Å². The summed E-state index contributed by atoms with van der Waals surface area (Å²) in [5.74, 6) is -3.83. The van der Waals surface area contributed by atoms with Gasteiger partial charge in [0, 0.05) is 17.8 Å². The lowest BCUT2D eigenvalue weighted by atomic mass is 9.43. The fourth-order valence-electron chi connectivity index (χ4n) is 11.2. The van der Waals surface area contributed by atoms with E-state index in [1.807, 2.05) is 30.3 Å². The Morgan fingerprint density at radius 1 is 0.717 bits per heavy atom. The number of rotatable bonds is 18. The molecule has 4 fully saturated rings. The van der Waals surface area contributed by atoms with Crippen molar-refractivity contribution >= 4 is 41.6 Å². The molecule has 17 heteroatoms. The van der Waals surface area contributed by atoms with Gasteiger partial charge in [-0.25, -0.2) is 0 Å². The minimum atomic E-state index is -0.607. The fourth-order valence-corrected chi connectivity index (χ4v) is 11.2. The lowest BCUT2D eigenvalue weighted by molar-refractivity contribution is -0.225. The largest absolute Gasteiger partial charge is 0.461 e. The van der Waals surface area contributed by atoms with Crippen molar-refractivity contribution in [2.24, 2.45) is 63.5 Å². The summed E-state index contributed by atoms with van der Waals surface area (Å²) >= 11 is 0. The van der Waals surface area contributed by atoms with E-state index in [0.717, 1.165) is 18.4 Å². The molecular weight excluding hydrogens is 777 g/mol. The van der Waals surface area contributed by atoms with Crippen molar-refractivity contribution in [2.45, 2.75) is 103 Å². The summed E-state index contributed by atoms with van der Waals surface area (Å²) < 4.78 is 24.2. The van der Waals surface area contributed by atoms with Gasteiger partial charge in [0.15, 0.2) is 0 Å². The Kier molecular flexibility index (Phi) is 16.1. The minimum absolute atomic E-state index is 0.0161. The SMILES string of the molecule is C[C@H](CCC(=O)OCc1ccccc1)[C@H]1CC[C@H]2[C@@H]3[C@H](OC(=O)CNC(=O)CN)C[C@@H]4C[C@H](OC(=O)CNC(=O)CN)CC[C@]4(C)[C@H]3C[C@H](OC(=O)CNC(=O)CN)[C@]12C. The number of ether oxygens (including phenoxy) is 4. The van der Waals surface area contributed by atoms with Crippen molar-refractivity contribution in [3.8, 4) is 0 Å².